The van der Waals surface area contributed by atoms with Gasteiger partial charge >= 0.3 is 0 Å². The molecular weight excluding hydrogens is 316 g/mol. The van der Waals surface area contributed by atoms with E-state index in [0.29, 0.717) is 6.54 Å². The summed E-state index contributed by atoms with van der Waals surface area (Å²) < 4.78 is 0. The van der Waals surface area contributed by atoms with Crippen molar-refractivity contribution in [2.24, 2.45) is 0 Å². The minimum atomic E-state index is -0.447. The molecule has 2 aromatic heterocycles. The number of hydrogen-bond acceptors (Lipinski definition) is 4. The van der Waals surface area contributed by atoms with Gasteiger partial charge in [-0.1, -0.05) is 42.5 Å². The average Bonchev–Trinajstić information content (AvgIpc) is 3.16. The molecule has 124 valence electrons. The Morgan fingerprint density at radius 1 is 1.00 bits per heavy atom. The van der Waals surface area contributed by atoms with Crippen molar-refractivity contribution in [3.05, 3.63) is 88.4 Å². The SMILES string of the molecule is OC(CN(CCc1ccccn1)Cc1ccccc1)c1cccs1. The molecule has 0 aliphatic rings. The van der Waals surface area contributed by atoms with E-state index in [1.807, 2.05) is 41.9 Å². The third-order valence-corrected chi connectivity index (χ3v) is 4.94. The van der Waals surface area contributed by atoms with E-state index in [1.54, 1.807) is 11.3 Å². The second-order valence-electron chi connectivity index (χ2n) is 5.82. The van der Waals surface area contributed by atoms with Crippen molar-refractivity contribution >= 4 is 11.3 Å². The summed E-state index contributed by atoms with van der Waals surface area (Å²) in [4.78, 5) is 7.72. The Bertz CT molecular complexity index is 701. The van der Waals surface area contributed by atoms with E-state index < -0.39 is 6.10 Å². The quantitative estimate of drug-likeness (QED) is 0.676. The standard InChI is InChI=1S/C20H22N2OS/c23-19(20-10-6-14-24-20)16-22(15-17-7-2-1-3-8-17)13-11-18-9-4-5-12-21-18/h1-10,12,14,19,23H,11,13,15-16H2. The highest BCUT2D eigenvalue weighted by molar-refractivity contribution is 7.10. The summed E-state index contributed by atoms with van der Waals surface area (Å²) in [5.41, 5.74) is 2.35. The Labute approximate surface area is 147 Å². The number of aromatic nitrogens is 1. The van der Waals surface area contributed by atoms with Gasteiger partial charge in [-0.2, -0.15) is 0 Å². The monoisotopic (exact) mass is 338 g/mol. The maximum absolute atomic E-state index is 10.5. The van der Waals surface area contributed by atoms with Crippen molar-refractivity contribution in [3.63, 3.8) is 0 Å². The van der Waals surface area contributed by atoms with E-state index in [0.717, 1.165) is 30.1 Å². The first-order valence-corrected chi connectivity index (χ1v) is 9.07. The highest BCUT2D eigenvalue weighted by atomic mass is 32.1. The molecule has 2 heterocycles. The third-order valence-electron chi connectivity index (χ3n) is 3.96. The molecule has 0 saturated heterocycles. The van der Waals surface area contributed by atoms with Gasteiger partial charge in [0.25, 0.3) is 0 Å². The van der Waals surface area contributed by atoms with Crippen molar-refractivity contribution < 1.29 is 5.11 Å². The molecular formula is C20H22N2OS. The summed E-state index contributed by atoms with van der Waals surface area (Å²) in [5.74, 6) is 0. The third kappa shape index (κ3) is 4.99. The van der Waals surface area contributed by atoms with Crippen LogP contribution in [0, 0.1) is 0 Å². The van der Waals surface area contributed by atoms with Crippen LogP contribution in [-0.4, -0.2) is 28.1 Å². The van der Waals surface area contributed by atoms with Crippen LogP contribution >= 0.6 is 11.3 Å². The van der Waals surface area contributed by atoms with Gasteiger partial charge in [-0.15, -0.1) is 11.3 Å². The van der Waals surface area contributed by atoms with Crippen LogP contribution in [0.1, 0.15) is 22.2 Å². The van der Waals surface area contributed by atoms with Crippen LogP contribution in [0.15, 0.2) is 72.2 Å². The molecule has 0 saturated carbocycles. The molecule has 0 radical (unpaired) electrons. The number of hydrogen-bond donors (Lipinski definition) is 1. The summed E-state index contributed by atoms with van der Waals surface area (Å²) in [6.45, 7) is 2.33. The summed E-state index contributed by atoms with van der Waals surface area (Å²) in [6, 6.07) is 20.4. The van der Waals surface area contributed by atoms with Gasteiger partial charge in [0.05, 0.1) is 0 Å². The van der Waals surface area contributed by atoms with Crippen molar-refractivity contribution in [2.75, 3.05) is 13.1 Å². The number of thiophene rings is 1. The molecule has 1 atom stereocenters. The molecule has 24 heavy (non-hydrogen) atoms. The lowest BCUT2D eigenvalue weighted by atomic mass is 10.1. The Hall–Kier alpha value is -2.01. The molecule has 0 amide bonds. The van der Waals surface area contributed by atoms with E-state index in [4.69, 9.17) is 0 Å². The van der Waals surface area contributed by atoms with Gasteiger partial charge in [-0.25, -0.2) is 0 Å². The first-order valence-electron chi connectivity index (χ1n) is 8.19. The number of aliphatic hydroxyl groups excluding tert-OH is 1. The van der Waals surface area contributed by atoms with Crippen LogP contribution in [0.3, 0.4) is 0 Å². The fraction of sp³-hybridized carbons (Fsp3) is 0.250. The van der Waals surface area contributed by atoms with E-state index in [9.17, 15) is 5.11 Å². The molecule has 3 nitrogen and oxygen atoms in total. The summed E-state index contributed by atoms with van der Waals surface area (Å²) in [7, 11) is 0. The Morgan fingerprint density at radius 2 is 1.83 bits per heavy atom. The second kappa shape index (κ2) is 8.73. The lowest BCUT2D eigenvalue weighted by molar-refractivity contribution is 0.112. The van der Waals surface area contributed by atoms with Crippen LogP contribution in [0.5, 0.6) is 0 Å². The molecule has 1 unspecified atom stereocenters. The summed E-state index contributed by atoms with van der Waals surface area (Å²) in [6.07, 6.45) is 2.26. The highest BCUT2D eigenvalue weighted by Gasteiger charge is 2.15. The first kappa shape index (κ1) is 16.8. The van der Waals surface area contributed by atoms with Gasteiger partial charge in [0.15, 0.2) is 0 Å². The van der Waals surface area contributed by atoms with Crippen molar-refractivity contribution in [3.8, 4) is 0 Å². The van der Waals surface area contributed by atoms with Gasteiger partial charge in [0.1, 0.15) is 6.10 Å². The maximum Gasteiger partial charge on any atom is 0.101 e. The molecule has 0 aliphatic heterocycles. The average molecular weight is 338 g/mol. The maximum atomic E-state index is 10.5. The van der Waals surface area contributed by atoms with Crippen LogP contribution in [0.2, 0.25) is 0 Å². The largest absolute Gasteiger partial charge is 0.386 e. The minimum Gasteiger partial charge on any atom is -0.386 e. The summed E-state index contributed by atoms with van der Waals surface area (Å²) in [5, 5.41) is 12.5. The Morgan fingerprint density at radius 3 is 2.54 bits per heavy atom. The fourth-order valence-electron chi connectivity index (χ4n) is 2.71. The van der Waals surface area contributed by atoms with Gasteiger partial charge < -0.3 is 5.11 Å². The number of aliphatic hydroxyl groups is 1. The topological polar surface area (TPSA) is 36.4 Å². The lowest BCUT2D eigenvalue weighted by Crippen LogP contribution is -2.30. The molecule has 0 aliphatic carbocycles. The zero-order valence-corrected chi connectivity index (χ0v) is 14.4. The minimum absolute atomic E-state index is 0.447. The highest BCUT2D eigenvalue weighted by Crippen LogP contribution is 2.20. The van der Waals surface area contributed by atoms with E-state index >= 15 is 0 Å². The number of pyridine rings is 1. The summed E-state index contributed by atoms with van der Waals surface area (Å²) >= 11 is 1.60. The van der Waals surface area contributed by atoms with Crippen LogP contribution in [-0.2, 0) is 13.0 Å². The Kier molecular flexibility index (Phi) is 6.13. The van der Waals surface area contributed by atoms with Crippen molar-refractivity contribution in [2.45, 2.75) is 19.1 Å². The normalized spacial score (nSPS) is 12.4. The lowest BCUT2D eigenvalue weighted by Gasteiger charge is -2.24. The predicted octanol–water partition coefficient (Wildman–Crippen LogP) is 3.92. The van der Waals surface area contributed by atoms with Gasteiger partial charge in [0.2, 0.25) is 0 Å². The smallest absolute Gasteiger partial charge is 0.101 e. The number of nitrogens with zero attached hydrogens (tertiary/aromatic N) is 2. The molecule has 0 spiro atoms. The van der Waals surface area contributed by atoms with Crippen LogP contribution in [0.4, 0.5) is 0 Å². The second-order valence-corrected chi connectivity index (χ2v) is 6.80. The molecule has 1 aromatic carbocycles. The van der Waals surface area contributed by atoms with Gasteiger partial charge in [-0.3, -0.25) is 9.88 Å². The number of rotatable bonds is 8. The molecule has 0 fully saturated rings. The van der Waals surface area contributed by atoms with E-state index in [2.05, 4.69) is 40.2 Å². The predicted molar refractivity (Wildman–Crippen MR) is 98.9 cm³/mol. The zero-order valence-electron chi connectivity index (χ0n) is 13.6. The molecule has 3 rings (SSSR count). The van der Waals surface area contributed by atoms with Crippen molar-refractivity contribution in [1.29, 1.82) is 0 Å². The molecule has 1 N–H and O–H groups in total. The number of benzene rings is 1. The molecule has 3 aromatic rings. The van der Waals surface area contributed by atoms with Gasteiger partial charge in [0, 0.05) is 42.8 Å². The van der Waals surface area contributed by atoms with E-state index in [-0.39, 0.29) is 0 Å². The van der Waals surface area contributed by atoms with E-state index in [1.165, 1.54) is 5.56 Å². The first-order chi connectivity index (χ1) is 11.8. The zero-order chi connectivity index (χ0) is 16.6. The molecule has 4 heteroatoms. The van der Waals surface area contributed by atoms with Gasteiger partial charge in [-0.05, 0) is 29.1 Å². The Balaban J connectivity index is 1.65. The molecule has 0 bridgehead atoms. The van der Waals surface area contributed by atoms with Crippen molar-refractivity contribution in [1.82, 2.24) is 9.88 Å². The van der Waals surface area contributed by atoms with Crippen LogP contribution in [0.25, 0.3) is 0 Å². The fourth-order valence-corrected chi connectivity index (χ4v) is 3.41. The van der Waals surface area contributed by atoms with Crippen LogP contribution < -0.4 is 0 Å².